The van der Waals surface area contributed by atoms with Gasteiger partial charge in [-0.2, -0.15) is 9.97 Å². The standard InChI is InChI=1S/C16H14N2O6/c1-4-8-23-10-6-5-7-11(14(10)15(19)20)24-16-17-12(21-2)9-13(18-16)22-3/h1,5-7,9H,8H2,2-3H3,(H,19,20). The van der Waals surface area contributed by atoms with Crippen LogP contribution >= 0.6 is 0 Å². The van der Waals surface area contributed by atoms with Gasteiger partial charge in [-0.15, -0.1) is 6.42 Å². The Labute approximate surface area is 138 Å². The first-order valence-corrected chi connectivity index (χ1v) is 6.66. The summed E-state index contributed by atoms with van der Waals surface area (Å²) in [5, 5.41) is 9.42. The SMILES string of the molecule is C#CCOc1cccc(Oc2nc(OC)cc(OC)n2)c1C(=O)O. The molecular weight excluding hydrogens is 316 g/mol. The highest BCUT2D eigenvalue weighted by Gasteiger charge is 2.20. The maximum Gasteiger partial charge on any atom is 0.343 e. The number of aromatic nitrogens is 2. The Morgan fingerprint density at radius 2 is 1.83 bits per heavy atom. The maximum absolute atomic E-state index is 11.5. The van der Waals surface area contributed by atoms with Crippen molar-refractivity contribution >= 4 is 5.97 Å². The molecule has 0 aliphatic carbocycles. The average molecular weight is 330 g/mol. The fraction of sp³-hybridized carbons (Fsp3) is 0.188. The van der Waals surface area contributed by atoms with E-state index >= 15 is 0 Å². The minimum atomic E-state index is -1.24. The summed E-state index contributed by atoms with van der Waals surface area (Å²) in [6, 6.07) is 5.80. The zero-order valence-corrected chi connectivity index (χ0v) is 13.0. The summed E-state index contributed by atoms with van der Waals surface area (Å²) < 4.78 is 20.7. The molecule has 1 aromatic carbocycles. The molecular formula is C16H14N2O6. The van der Waals surface area contributed by atoms with E-state index in [4.69, 9.17) is 25.4 Å². The quantitative estimate of drug-likeness (QED) is 0.769. The highest BCUT2D eigenvalue weighted by Crippen LogP contribution is 2.32. The molecule has 124 valence electrons. The normalized spacial score (nSPS) is 9.71. The molecule has 0 saturated carbocycles. The van der Waals surface area contributed by atoms with Crippen LogP contribution in [0.2, 0.25) is 0 Å². The van der Waals surface area contributed by atoms with Crippen LogP contribution in [-0.4, -0.2) is 41.9 Å². The molecule has 8 heteroatoms. The first-order valence-electron chi connectivity index (χ1n) is 6.66. The van der Waals surface area contributed by atoms with Crippen molar-refractivity contribution in [1.82, 2.24) is 9.97 Å². The van der Waals surface area contributed by atoms with Crippen LogP contribution in [-0.2, 0) is 0 Å². The number of nitrogens with zero attached hydrogens (tertiary/aromatic N) is 2. The van der Waals surface area contributed by atoms with Gasteiger partial charge in [0.1, 0.15) is 23.7 Å². The molecule has 0 aliphatic heterocycles. The molecule has 0 radical (unpaired) electrons. The number of carbonyl (C=O) groups is 1. The third-order valence-electron chi connectivity index (χ3n) is 2.79. The van der Waals surface area contributed by atoms with E-state index in [0.29, 0.717) is 0 Å². The molecule has 0 fully saturated rings. The zero-order chi connectivity index (χ0) is 17.5. The van der Waals surface area contributed by atoms with Crippen molar-refractivity contribution in [3.8, 4) is 41.6 Å². The van der Waals surface area contributed by atoms with E-state index < -0.39 is 5.97 Å². The number of aromatic carboxylic acids is 1. The second-order valence-electron chi connectivity index (χ2n) is 4.26. The van der Waals surface area contributed by atoms with Gasteiger partial charge >= 0.3 is 12.0 Å². The fourth-order valence-corrected chi connectivity index (χ4v) is 1.78. The number of rotatable bonds is 7. The number of methoxy groups -OCH3 is 2. The van der Waals surface area contributed by atoms with E-state index in [9.17, 15) is 9.90 Å². The molecule has 2 aromatic rings. The summed E-state index contributed by atoms with van der Waals surface area (Å²) in [7, 11) is 2.84. The van der Waals surface area contributed by atoms with Gasteiger partial charge in [0.15, 0.2) is 0 Å². The Morgan fingerprint density at radius 1 is 1.21 bits per heavy atom. The van der Waals surface area contributed by atoms with Gasteiger partial charge in [0.25, 0.3) is 0 Å². The molecule has 0 unspecified atom stereocenters. The molecule has 0 aliphatic rings. The molecule has 0 amide bonds. The molecule has 1 N–H and O–H groups in total. The van der Waals surface area contributed by atoms with Gasteiger partial charge in [-0.25, -0.2) is 4.79 Å². The number of hydrogen-bond donors (Lipinski definition) is 1. The highest BCUT2D eigenvalue weighted by atomic mass is 16.5. The van der Waals surface area contributed by atoms with Crippen molar-refractivity contribution in [2.75, 3.05) is 20.8 Å². The predicted molar refractivity (Wildman–Crippen MR) is 82.9 cm³/mol. The summed E-state index contributed by atoms with van der Waals surface area (Å²) in [6.45, 7) is -0.0762. The topological polar surface area (TPSA) is 100 Å². The maximum atomic E-state index is 11.5. The van der Waals surface area contributed by atoms with E-state index in [1.54, 1.807) is 6.07 Å². The van der Waals surface area contributed by atoms with Gasteiger partial charge < -0.3 is 24.1 Å². The monoisotopic (exact) mass is 330 g/mol. The van der Waals surface area contributed by atoms with Crippen LogP contribution in [0.25, 0.3) is 0 Å². The van der Waals surface area contributed by atoms with Crippen LogP contribution in [0.3, 0.4) is 0 Å². The molecule has 0 bridgehead atoms. The lowest BCUT2D eigenvalue weighted by Crippen LogP contribution is -2.06. The number of benzene rings is 1. The lowest BCUT2D eigenvalue weighted by Gasteiger charge is -2.12. The summed E-state index contributed by atoms with van der Waals surface area (Å²) in [4.78, 5) is 19.5. The molecule has 24 heavy (non-hydrogen) atoms. The summed E-state index contributed by atoms with van der Waals surface area (Å²) >= 11 is 0. The van der Waals surface area contributed by atoms with Crippen LogP contribution in [0, 0.1) is 12.3 Å². The van der Waals surface area contributed by atoms with Crippen LogP contribution in [0.4, 0.5) is 0 Å². The number of ether oxygens (including phenoxy) is 4. The predicted octanol–water partition coefficient (Wildman–Crippen LogP) is 2.00. The fourth-order valence-electron chi connectivity index (χ4n) is 1.78. The van der Waals surface area contributed by atoms with Gasteiger partial charge in [-0.1, -0.05) is 12.0 Å². The third kappa shape index (κ3) is 3.84. The van der Waals surface area contributed by atoms with Gasteiger partial charge in [0.05, 0.1) is 20.3 Å². The van der Waals surface area contributed by atoms with Crippen LogP contribution in [0.5, 0.6) is 29.3 Å². The van der Waals surface area contributed by atoms with E-state index in [2.05, 4.69) is 15.9 Å². The van der Waals surface area contributed by atoms with Crippen molar-refractivity contribution < 1.29 is 28.8 Å². The molecule has 1 heterocycles. The third-order valence-corrected chi connectivity index (χ3v) is 2.79. The lowest BCUT2D eigenvalue weighted by atomic mass is 10.2. The number of hydrogen-bond acceptors (Lipinski definition) is 7. The number of carboxylic acids is 1. The molecule has 2 rings (SSSR count). The van der Waals surface area contributed by atoms with Crippen molar-refractivity contribution in [1.29, 1.82) is 0 Å². The average Bonchev–Trinajstić information content (AvgIpc) is 2.59. The van der Waals surface area contributed by atoms with Crippen LogP contribution in [0.1, 0.15) is 10.4 Å². The first-order chi connectivity index (χ1) is 11.6. The Hall–Kier alpha value is -3.47. The minimum absolute atomic E-state index is 0.00710. The summed E-state index contributed by atoms with van der Waals surface area (Å²) in [6.07, 6.45) is 5.13. The minimum Gasteiger partial charge on any atom is -0.481 e. The first kappa shape index (κ1) is 16.9. The molecule has 0 atom stereocenters. The van der Waals surface area contributed by atoms with E-state index in [1.165, 1.54) is 32.4 Å². The van der Waals surface area contributed by atoms with Gasteiger partial charge in [-0.3, -0.25) is 0 Å². The van der Waals surface area contributed by atoms with Crippen LogP contribution in [0.15, 0.2) is 24.3 Å². The van der Waals surface area contributed by atoms with Crippen molar-refractivity contribution in [2.24, 2.45) is 0 Å². The van der Waals surface area contributed by atoms with E-state index in [-0.39, 0.29) is 41.4 Å². The summed E-state index contributed by atoms with van der Waals surface area (Å²) in [5.74, 6) is 1.50. The van der Waals surface area contributed by atoms with Crippen molar-refractivity contribution in [2.45, 2.75) is 0 Å². The van der Waals surface area contributed by atoms with Crippen molar-refractivity contribution in [3.05, 3.63) is 29.8 Å². The van der Waals surface area contributed by atoms with Gasteiger partial charge in [-0.05, 0) is 12.1 Å². The highest BCUT2D eigenvalue weighted by molar-refractivity contribution is 5.94. The second-order valence-corrected chi connectivity index (χ2v) is 4.26. The van der Waals surface area contributed by atoms with Gasteiger partial charge in [0, 0.05) is 0 Å². The smallest absolute Gasteiger partial charge is 0.343 e. The Kier molecular flexibility index (Phi) is 5.41. The molecule has 1 aromatic heterocycles. The van der Waals surface area contributed by atoms with E-state index in [1.807, 2.05) is 0 Å². The number of carboxylic acid groups (broad SMARTS) is 1. The van der Waals surface area contributed by atoms with E-state index in [0.717, 1.165) is 0 Å². The van der Waals surface area contributed by atoms with Crippen LogP contribution < -0.4 is 18.9 Å². The second kappa shape index (κ2) is 7.69. The Bertz CT molecular complexity index is 762. The molecule has 0 spiro atoms. The lowest BCUT2D eigenvalue weighted by molar-refractivity contribution is 0.0690. The zero-order valence-electron chi connectivity index (χ0n) is 13.0. The molecule has 0 saturated heterocycles. The Balaban J connectivity index is 2.42. The summed E-state index contributed by atoms with van der Waals surface area (Å²) in [5.41, 5.74) is -0.196. The number of terminal acetylenes is 1. The molecule has 8 nitrogen and oxygen atoms in total. The van der Waals surface area contributed by atoms with Crippen molar-refractivity contribution in [3.63, 3.8) is 0 Å². The Morgan fingerprint density at radius 3 is 2.38 bits per heavy atom. The van der Waals surface area contributed by atoms with Gasteiger partial charge in [0.2, 0.25) is 11.8 Å². The largest absolute Gasteiger partial charge is 0.481 e.